The molecule has 1 heterocycles. The number of ether oxygens (including phenoxy) is 1. The first-order chi connectivity index (χ1) is 11.1. The molecule has 0 fully saturated rings. The summed E-state index contributed by atoms with van der Waals surface area (Å²) in [5, 5.41) is 18.4. The molecule has 1 radical (unpaired) electrons. The molecule has 2 N–H and O–H groups in total. The predicted octanol–water partition coefficient (Wildman–Crippen LogP) is 2.02. The average Bonchev–Trinajstić information content (AvgIpc) is 2.55. The van der Waals surface area contributed by atoms with Gasteiger partial charge in [-0.2, -0.15) is 0 Å². The Bertz CT molecular complexity index is 947. The standard InChI is InChI=1S/C17H14O6.Na/c18-6-1-7-22-11-3-5-14-13(9-11)16(19)12-4-2-10(17(20)21)8-15(12)23-14;/h2-5,8-9,18H,1,6-7H2,(H,20,21);. The Labute approximate surface area is 158 Å². The van der Waals surface area contributed by atoms with Crippen LogP contribution in [-0.4, -0.2) is 59.0 Å². The van der Waals surface area contributed by atoms with E-state index in [0.717, 1.165) is 0 Å². The Kier molecular flexibility index (Phi) is 6.01. The van der Waals surface area contributed by atoms with Gasteiger partial charge in [-0.25, -0.2) is 4.79 Å². The molecule has 6 nitrogen and oxygen atoms in total. The second kappa shape index (κ2) is 7.81. The van der Waals surface area contributed by atoms with Crippen molar-refractivity contribution in [3.05, 3.63) is 52.2 Å². The summed E-state index contributed by atoms with van der Waals surface area (Å²) in [6.07, 6.45) is 0.502. The van der Waals surface area contributed by atoms with Crippen LogP contribution in [0.5, 0.6) is 5.75 Å². The van der Waals surface area contributed by atoms with Gasteiger partial charge in [0.2, 0.25) is 5.43 Å². The molecular weight excluding hydrogens is 323 g/mol. The smallest absolute Gasteiger partial charge is 0.335 e. The van der Waals surface area contributed by atoms with Crippen LogP contribution >= 0.6 is 0 Å². The number of carboxylic acids is 1. The van der Waals surface area contributed by atoms with Crippen molar-refractivity contribution in [1.82, 2.24) is 0 Å². The van der Waals surface area contributed by atoms with Crippen molar-refractivity contribution in [2.24, 2.45) is 0 Å². The number of hydrogen-bond donors (Lipinski definition) is 2. The molecule has 119 valence electrons. The van der Waals surface area contributed by atoms with Crippen molar-refractivity contribution >= 4 is 57.5 Å². The SMILES string of the molecule is O=C(O)c1ccc2c(=O)c3cc(OCCCO)ccc3oc2c1.[Na]. The number of carbonyl (C=O) groups is 1. The third-order valence-corrected chi connectivity index (χ3v) is 3.46. The molecule has 0 saturated heterocycles. The Morgan fingerprint density at radius 2 is 1.88 bits per heavy atom. The zero-order chi connectivity index (χ0) is 16.4. The minimum absolute atomic E-state index is 0. The molecule has 7 heteroatoms. The number of fused-ring (bicyclic) bond motifs is 2. The van der Waals surface area contributed by atoms with E-state index in [4.69, 9.17) is 19.4 Å². The molecule has 3 aromatic rings. The predicted molar refractivity (Wildman–Crippen MR) is 89.9 cm³/mol. The fourth-order valence-electron chi connectivity index (χ4n) is 2.31. The monoisotopic (exact) mass is 337 g/mol. The van der Waals surface area contributed by atoms with Crippen LogP contribution in [0.3, 0.4) is 0 Å². The molecule has 0 spiro atoms. The van der Waals surface area contributed by atoms with Crippen LogP contribution in [0.4, 0.5) is 0 Å². The Hall–Kier alpha value is -1.86. The molecule has 3 rings (SSSR count). The molecule has 0 saturated carbocycles. The zero-order valence-electron chi connectivity index (χ0n) is 13.1. The van der Waals surface area contributed by atoms with Gasteiger partial charge in [0.15, 0.2) is 0 Å². The molecule has 0 amide bonds. The van der Waals surface area contributed by atoms with Crippen LogP contribution in [0.15, 0.2) is 45.6 Å². The van der Waals surface area contributed by atoms with Gasteiger partial charge in [0.05, 0.1) is 22.9 Å². The molecule has 1 aromatic heterocycles. The minimum atomic E-state index is -1.08. The van der Waals surface area contributed by atoms with Gasteiger partial charge in [0.1, 0.15) is 16.9 Å². The number of aliphatic hydroxyl groups excluding tert-OH is 1. The molecule has 2 aromatic carbocycles. The van der Waals surface area contributed by atoms with Crippen molar-refractivity contribution in [3.63, 3.8) is 0 Å². The van der Waals surface area contributed by atoms with Crippen LogP contribution in [0.2, 0.25) is 0 Å². The quantitative estimate of drug-likeness (QED) is 0.420. The normalized spacial score (nSPS) is 10.5. The molecule has 0 unspecified atom stereocenters. The first kappa shape index (κ1) is 18.5. The van der Waals surface area contributed by atoms with Gasteiger partial charge >= 0.3 is 5.97 Å². The van der Waals surface area contributed by atoms with Crippen molar-refractivity contribution in [1.29, 1.82) is 0 Å². The number of rotatable bonds is 5. The molecular formula is C17H14NaO6. The molecule has 0 aliphatic carbocycles. The molecule has 0 aliphatic rings. The molecule has 0 bridgehead atoms. The largest absolute Gasteiger partial charge is 0.493 e. The Morgan fingerprint density at radius 1 is 1.08 bits per heavy atom. The van der Waals surface area contributed by atoms with E-state index in [-0.39, 0.29) is 52.7 Å². The van der Waals surface area contributed by atoms with Gasteiger partial charge in [0, 0.05) is 42.6 Å². The maximum Gasteiger partial charge on any atom is 0.335 e. The van der Waals surface area contributed by atoms with Gasteiger partial charge in [-0.15, -0.1) is 0 Å². The summed E-state index contributed by atoms with van der Waals surface area (Å²) < 4.78 is 11.1. The van der Waals surface area contributed by atoms with Gasteiger partial charge in [-0.3, -0.25) is 4.79 Å². The fraction of sp³-hybridized carbons (Fsp3) is 0.176. The van der Waals surface area contributed by atoms with E-state index in [9.17, 15) is 9.59 Å². The average molecular weight is 337 g/mol. The summed E-state index contributed by atoms with van der Waals surface area (Å²) in [5.74, 6) is -0.568. The van der Waals surface area contributed by atoms with Crippen LogP contribution in [0.1, 0.15) is 16.8 Å². The topological polar surface area (TPSA) is 97.0 Å². The maximum atomic E-state index is 12.5. The first-order valence-corrected chi connectivity index (χ1v) is 7.08. The van der Waals surface area contributed by atoms with Gasteiger partial charge in [0.25, 0.3) is 0 Å². The van der Waals surface area contributed by atoms with E-state index in [1.165, 1.54) is 18.2 Å². The minimum Gasteiger partial charge on any atom is -0.493 e. The third kappa shape index (κ3) is 3.62. The maximum absolute atomic E-state index is 12.5. The van der Waals surface area contributed by atoms with E-state index < -0.39 is 5.97 Å². The summed E-state index contributed by atoms with van der Waals surface area (Å²) in [7, 11) is 0. The van der Waals surface area contributed by atoms with Gasteiger partial charge in [-0.05, 0) is 36.4 Å². The number of benzene rings is 2. The molecule has 24 heavy (non-hydrogen) atoms. The fourth-order valence-corrected chi connectivity index (χ4v) is 2.31. The summed E-state index contributed by atoms with van der Waals surface area (Å²) in [6.45, 7) is 0.384. The number of hydrogen-bond acceptors (Lipinski definition) is 5. The summed E-state index contributed by atoms with van der Waals surface area (Å²) in [6, 6.07) is 9.01. The molecule has 0 atom stereocenters. The van der Waals surface area contributed by atoms with Gasteiger partial charge < -0.3 is 19.4 Å². The van der Waals surface area contributed by atoms with E-state index in [0.29, 0.717) is 35.1 Å². The van der Waals surface area contributed by atoms with Crippen molar-refractivity contribution in [2.75, 3.05) is 13.2 Å². The summed E-state index contributed by atoms with van der Waals surface area (Å²) in [5.41, 5.74) is 0.408. The second-order valence-corrected chi connectivity index (χ2v) is 5.03. The van der Waals surface area contributed by atoms with Crippen LogP contribution in [0.25, 0.3) is 21.9 Å². The summed E-state index contributed by atoms with van der Waals surface area (Å²) >= 11 is 0. The number of aliphatic hydroxyl groups is 1. The molecule has 0 aliphatic heterocycles. The van der Waals surface area contributed by atoms with Crippen LogP contribution < -0.4 is 10.2 Å². The van der Waals surface area contributed by atoms with E-state index in [1.54, 1.807) is 18.2 Å². The van der Waals surface area contributed by atoms with Crippen LogP contribution in [-0.2, 0) is 0 Å². The van der Waals surface area contributed by atoms with Crippen molar-refractivity contribution < 1.29 is 24.2 Å². The van der Waals surface area contributed by atoms with Crippen molar-refractivity contribution in [2.45, 2.75) is 6.42 Å². The zero-order valence-corrected chi connectivity index (χ0v) is 15.1. The van der Waals surface area contributed by atoms with E-state index in [1.807, 2.05) is 0 Å². The number of aromatic carboxylic acids is 1. The van der Waals surface area contributed by atoms with E-state index >= 15 is 0 Å². The Balaban J connectivity index is 0.00000208. The van der Waals surface area contributed by atoms with Crippen LogP contribution in [0, 0.1) is 0 Å². The second-order valence-electron chi connectivity index (χ2n) is 5.03. The summed E-state index contributed by atoms with van der Waals surface area (Å²) in [4.78, 5) is 23.6. The Morgan fingerprint density at radius 3 is 2.58 bits per heavy atom. The third-order valence-electron chi connectivity index (χ3n) is 3.46. The van der Waals surface area contributed by atoms with Crippen molar-refractivity contribution in [3.8, 4) is 5.75 Å². The van der Waals surface area contributed by atoms with Gasteiger partial charge in [-0.1, -0.05) is 0 Å². The number of carboxylic acid groups (broad SMARTS) is 1. The van der Waals surface area contributed by atoms with E-state index in [2.05, 4.69) is 0 Å². The first-order valence-electron chi connectivity index (χ1n) is 7.08.